The maximum absolute atomic E-state index is 12.2. The van der Waals surface area contributed by atoms with Crippen molar-refractivity contribution in [2.45, 2.75) is 43.0 Å². The summed E-state index contributed by atoms with van der Waals surface area (Å²) in [4.78, 5) is 21.8. The van der Waals surface area contributed by atoms with Gasteiger partial charge in [0.05, 0.1) is 16.9 Å². The van der Waals surface area contributed by atoms with Crippen molar-refractivity contribution in [1.82, 2.24) is 10.0 Å². The van der Waals surface area contributed by atoms with Crippen molar-refractivity contribution in [1.29, 1.82) is 0 Å². The van der Waals surface area contributed by atoms with Crippen LogP contribution in [0.4, 0.5) is 5.69 Å². The molecule has 1 aromatic rings. The second kappa shape index (κ2) is 8.26. The molecule has 0 heterocycles. The molecule has 1 aliphatic carbocycles. The lowest BCUT2D eigenvalue weighted by Gasteiger charge is -2.12. The Labute approximate surface area is 145 Å². The van der Waals surface area contributed by atoms with Crippen LogP contribution in [0.3, 0.4) is 0 Å². The molecule has 1 aromatic carbocycles. The standard InChI is InChI=1S/C15H21N3O6S/c1-24-14-7-6-12(10-13(14)18(20)21)25(22,23)16-9-8-15(19)17-11-4-2-3-5-11/h6-7,10-11,16H,2-5,8-9H2,1H3,(H,17,19). The van der Waals surface area contributed by atoms with Gasteiger partial charge in [-0.1, -0.05) is 12.8 Å². The number of sulfonamides is 1. The average Bonchev–Trinajstić information content (AvgIpc) is 3.06. The van der Waals surface area contributed by atoms with Crippen LogP contribution < -0.4 is 14.8 Å². The van der Waals surface area contributed by atoms with Gasteiger partial charge >= 0.3 is 5.69 Å². The molecule has 9 nitrogen and oxygen atoms in total. The second-order valence-electron chi connectivity index (χ2n) is 5.79. The highest BCUT2D eigenvalue weighted by molar-refractivity contribution is 7.89. The molecular weight excluding hydrogens is 350 g/mol. The van der Waals surface area contributed by atoms with Gasteiger partial charge in [-0.3, -0.25) is 14.9 Å². The number of methoxy groups -OCH3 is 1. The van der Waals surface area contributed by atoms with E-state index in [1.165, 1.54) is 19.2 Å². The molecule has 1 fully saturated rings. The van der Waals surface area contributed by atoms with Crippen molar-refractivity contribution in [3.05, 3.63) is 28.3 Å². The Morgan fingerprint density at radius 1 is 1.36 bits per heavy atom. The minimum atomic E-state index is -3.95. The molecule has 1 aliphatic rings. The number of nitrogens with zero attached hydrogens (tertiary/aromatic N) is 1. The van der Waals surface area contributed by atoms with Gasteiger partial charge in [-0.05, 0) is 25.0 Å². The number of ether oxygens (including phenoxy) is 1. The van der Waals surface area contributed by atoms with E-state index < -0.39 is 20.6 Å². The maximum Gasteiger partial charge on any atom is 0.312 e. The Morgan fingerprint density at radius 3 is 2.64 bits per heavy atom. The Kier molecular flexibility index (Phi) is 6.32. The van der Waals surface area contributed by atoms with Crippen LogP contribution in [0.5, 0.6) is 5.75 Å². The molecule has 1 saturated carbocycles. The number of hydrogen-bond acceptors (Lipinski definition) is 6. The van der Waals surface area contributed by atoms with Crippen LogP contribution in [-0.2, 0) is 14.8 Å². The Hall–Kier alpha value is -2.20. The quantitative estimate of drug-likeness (QED) is 0.524. The van der Waals surface area contributed by atoms with E-state index in [1.54, 1.807) is 0 Å². The molecular formula is C15H21N3O6S. The fraction of sp³-hybridized carbons (Fsp3) is 0.533. The number of hydrogen-bond donors (Lipinski definition) is 2. The first-order valence-electron chi connectivity index (χ1n) is 7.95. The summed E-state index contributed by atoms with van der Waals surface area (Å²) < 4.78 is 31.6. The van der Waals surface area contributed by atoms with Crippen LogP contribution in [0.2, 0.25) is 0 Å². The molecule has 2 N–H and O–H groups in total. The zero-order valence-electron chi connectivity index (χ0n) is 13.9. The van der Waals surface area contributed by atoms with Crippen LogP contribution in [0.15, 0.2) is 23.1 Å². The zero-order chi connectivity index (χ0) is 18.4. The first kappa shape index (κ1) is 19.1. The molecule has 0 saturated heterocycles. The molecule has 2 rings (SSSR count). The number of nitrogens with one attached hydrogen (secondary N) is 2. The van der Waals surface area contributed by atoms with Crippen molar-refractivity contribution in [3.63, 3.8) is 0 Å². The van der Waals surface area contributed by atoms with Crippen molar-refractivity contribution in [2.75, 3.05) is 13.7 Å². The normalized spacial score (nSPS) is 15.1. The summed E-state index contributed by atoms with van der Waals surface area (Å²) in [7, 11) is -2.69. The monoisotopic (exact) mass is 371 g/mol. The van der Waals surface area contributed by atoms with E-state index in [9.17, 15) is 23.3 Å². The van der Waals surface area contributed by atoms with Crippen molar-refractivity contribution in [2.24, 2.45) is 0 Å². The Balaban J connectivity index is 1.95. The summed E-state index contributed by atoms with van der Waals surface area (Å²) in [6, 6.07) is 3.54. The lowest BCUT2D eigenvalue weighted by molar-refractivity contribution is -0.386. The van der Waals surface area contributed by atoms with Gasteiger partial charge in [0.1, 0.15) is 0 Å². The number of carbonyl (C=O) groups is 1. The number of nitro benzene ring substituents is 1. The summed E-state index contributed by atoms with van der Waals surface area (Å²) in [6.45, 7) is -0.0826. The first-order valence-corrected chi connectivity index (χ1v) is 9.43. The van der Waals surface area contributed by atoms with Gasteiger partial charge in [0.25, 0.3) is 0 Å². The van der Waals surface area contributed by atoms with Gasteiger partial charge in [0, 0.05) is 25.1 Å². The smallest absolute Gasteiger partial charge is 0.312 e. The third-order valence-corrected chi connectivity index (χ3v) is 5.48. The van der Waals surface area contributed by atoms with E-state index in [4.69, 9.17) is 4.74 Å². The number of amides is 1. The van der Waals surface area contributed by atoms with Gasteiger partial charge in [-0.15, -0.1) is 0 Å². The second-order valence-corrected chi connectivity index (χ2v) is 7.55. The number of rotatable bonds is 8. The molecule has 0 spiro atoms. The SMILES string of the molecule is COc1ccc(S(=O)(=O)NCCC(=O)NC2CCCC2)cc1[N+](=O)[O-]. The van der Waals surface area contributed by atoms with Crippen molar-refractivity contribution >= 4 is 21.6 Å². The summed E-state index contributed by atoms with van der Waals surface area (Å²) in [5.41, 5.74) is -0.440. The third-order valence-electron chi connectivity index (χ3n) is 4.02. The predicted octanol–water partition coefficient (Wildman–Crippen LogP) is 1.33. The summed E-state index contributed by atoms with van der Waals surface area (Å²) in [5.74, 6) is -0.241. The largest absolute Gasteiger partial charge is 0.490 e. The van der Waals surface area contributed by atoms with Crippen LogP contribution >= 0.6 is 0 Å². The van der Waals surface area contributed by atoms with Gasteiger partial charge in [-0.2, -0.15) is 0 Å². The van der Waals surface area contributed by atoms with Gasteiger partial charge < -0.3 is 10.1 Å². The third kappa shape index (κ3) is 5.13. The van der Waals surface area contributed by atoms with E-state index >= 15 is 0 Å². The van der Waals surface area contributed by atoms with E-state index in [1.807, 2.05) is 0 Å². The van der Waals surface area contributed by atoms with Gasteiger partial charge in [0.15, 0.2) is 5.75 Å². The topological polar surface area (TPSA) is 128 Å². The summed E-state index contributed by atoms with van der Waals surface area (Å²) in [5, 5.41) is 13.8. The summed E-state index contributed by atoms with van der Waals surface area (Å²) in [6.07, 6.45) is 4.09. The highest BCUT2D eigenvalue weighted by atomic mass is 32.2. The molecule has 1 amide bonds. The minimum Gasteiger partial charge on any atom is -0.490 e. The van der Waals surface area contributed by atoms with Crippen LogP contribution in [0.25, 0.3) is 0 Å². The highest BCUT2D eigenvalue weighted by Crippen LogP contribution is 2.29. The number of nitro groups is 1. The molecule has 0 unspecified atom stereocenters. The van der Waals surface area contributed by atoms with Crippen LogP contribution in [0, 0.1) is 10.1 Å². The van der Waals surface area contributed by atoms with Crippen LogP contribution in [0.1, 0.15) is 32.1 Å². The predicted molar refractivity (Wildman–Crippen MR) is 89.9 cm³/mol. The lowest BCUT2D eigenvalue weighted by atomic mass is 10.2. The van der Waals surface area contributed by atoms with Crippen LogP contribution in [-0.4, -0.2) is 38.9 Å². The molecule has 25 heavy (non-hydrogen) atoms. The van der Waals surface area contributed by atoms with E-state index in [0.29, 0.717) is 0 Å². The lowest BCUT2D eigenvalue weighted by Crippen LogP contribution is -2.35. The van der Waals surface area contributed by atoms with Gasteiger partial charge in [0.2, 0.25) is 15.9 Å². The maximum atomic E-state index is 12.2. The fourth-order valence-electron chi connectivity index (χ4n) is 2.73. The zero-order valence-corrected chi connectivity index (χ0v) is 14.7. The average molecular weight is 371 g/mol. The number of carbonyl (C=O) groups excluding carboxylic acids is 1. The number of benzene rings is 1. The van der Waals surface area contributed by atoms with E-state index in [0.717, 1.165) is 31.7 Å². The molecule has 10 heteroatoms. The Bertz CT molecular complexity index is 744. The van der Waals surface area contributed by atoms with E-state index in [2.05, 4.69) is 10.0 Å². The molecule has 0 aromatic heterocycles. The molecule has 0 bridgehead atoms. The van der Waals surface area contributed by atoms with E-state index in [-0.39, 0.29) is 35.6 Å². The summed E-state index contributed by atoms with van der Waals surface area (Å²) >= 11 is 0. The van der Waals surface area contributed by atoms with Crippen molar-refractivity contribution in [3.8, 4) is 5.75 Å². The first-order chi connectivity index (χ1) is 11.8. The van der Waals surface area contributed by atoms with Gasteiger partial charge in [-0.25, -0.2) is 13.1 Å². The molecule has 0 atom stereocenters. The highest BCUT2D eigenvalue weighted by Gasteiger charge is 2.22. The fourth-order valence-corrected chi connectivity index (χ4v) is 3.78. The molecule has 0 radical (unpaired) electrons. The molecule has 138 valence electrons. The molecule has 0 aliphatic heterocycles. The van der Waals surface area contributed by atoms with Crippen molar-refractivity contribution < 1.29 is 22.9 Å². The minimum absolute atomic E-state index is 0.00791. The Morgan fingerprint density at radius 2 is 2.04 bits per heavy atom.